The van der Waals surface area contributed by atoms with E-state index >= 15 is 0 Å². The molecule has 20 heavy (non-hydrogen) atoms. The molecule has 0 aliphatic heterocycles. The number of esters is 1. The first-order chi connectivity index (χ1) is 9.55. The minimum Gasteiger partial charge on any atom is -0.463 e. The molecule has 2 atom stereocenters. The van der Waals surface area contributed by atoms with Gasteiger partial charge in [0.15, 0.2) is 0 Å². The molecular formula is C15H16N2O3. The Morgan fingerprint density at radius 2 is 2.20 bits per heavy atom. The molecule has 0 radical (unpaired) electrons. The van der Waals surface area contributed by atoms with Crippen LogP contribution in [0.2, 0.25) is 0 Å². The summed E-state index contributed by atoms with van der Waals surface area (Å²) in [5.74, 6) is -1.49. The summed E-state index contributed by atoms with van der Waals surface area (Å²) < 4.78 is 4.99. The molecule has 0 saturated carbocycles. The highest BCUT2D eigenvalue weighted by Crippen LogP contribution is 2.42. The standard InChI is InChI=1S/C15H16N2O3/c1-3-20-14(19)15(9-16,17-10(2)18)13-8-11-6-4-5-7-12(11)13/h4-7,13H,3,8H2,1-2H3,(H,17,18). The first kappa shape index (κ1) is 14.1. The molecule has 1 aliphatic carbocycles. The van der Waals surface area contributed by atoms with Crippen molar-refractivity contribution >= 4 is 11.9 Å². The predicted octanol–water partition coefficient (Wildman–Crippen LogP) is 1.29. The Morgan fingerprint density at radius 1 is 1.50 bits per heavy atom. The van der Waals surface area contributed by atoms with Gasteiger partial charge in [-0.1, -0.05) is 24.3 Å². The first-order valence-corrected chi connectivity index (χ1v) is 6.50. The smallest absolute Gasteiger partial charge is 0.347 e. The lowest BCUT2D eigenvalue weighted by molar-refractivity contribution is -0.151. The maximum atomic E-state index is 12.2. The predicted molar refractivity (Wildman–Crippen MR) is 71.7 cm³/mol. The monoisotopic (exact) mass is 272 g/mol. The number of nitrogens with one attached hydrogen (secondary N) is 1. The van der Waals surface area contributed by atoms with Crippen LogP contribution in [0.5, 0.6) is 0 Å². The van der Waals surface area contributed by atoms with E-state index in [-0.39, 0.29) is 12.5 Å². The SMILES string of the molecule is CCOC(=O)C(C#N)(NC(C)=O)C1Cc2ccccc21. The fourth-order valence-corrected chi connectivity index (χ4v) is 2.60. The van der Waals surface area contributed by atoms with Gasteiger partial charge in [-0.15, -0.1) is 0 Å². The molecule has 0 spiro atoms. The van der Waals surface area contributed by atoms with E-state index in [2.05, 4.69) is 5.32 Å². The zero-order valence-electron chi connectivity index (χ0n) is 11.5. The van der Waals surface area contributed by atoms with E-state index in [1.807, 2.05) is 30.3 Å². The second kappa shape index (κ2) is 5.33. The molecule has 0 heterocycles. The summed E-state index contributed by atoms with van der Waals surface area (Å²) in [5.41, 5.74) is 0.360. The molecule has 2 rings (SSSR count). The average molecular weight is 272 g/mol. The highest BCUT2D eigenvalue weighted by Gasteiger charge is 2.53. The van der Waals surface area contributed by atoms with Crippen molar-refractivity contribution in [2.75, 3.05) is 6.61 Å². The van der Waals surface area contributed by atoms with Crippen LogP contribution in [0.15, 0.2) is 24.3 Å². The van der Waals surface area contributed by atoms with Gasteiger partial charge >= 0.3 is 5.97 Å². The van der Waals surface area contributed by atoms with Crippen LogP contribution in [-0.2, 0) is 20.7 Å². The largest absolute Gasteiger partial charge is 0.463 e. The molecule has 5 nitrogen and oxygen atoms in total. The topological polar surface area (TPSA) is 79.2 Å². The molecule has 0 bridgehead atoms. The van der Waals surface area contributed by atoms with Gasteiger partial charge in [0.2, 0.25) is 11.4 Å². The summed E-state index contributed by atoms with van der Waals surface area (Å²) in [6.45, 7) is 3.12. The Hall–Kier alpha value is -2.35. The third-order valence-corrected chi connectivity index (χ3v) is 3.52. The lowest BCUT2D eigenvalue weighted by atomic mass is 9.67. The molecule has 5 heteroatoms. The van der Waals surface area contributed by atoms with Crippen molar-refractivity contribution in [2.45, 2.75) is 31.7 Å². The molecule has 1 N–H and O–H groups in total. The lowest BCUT2D eigenvalue weighted by Crippen LogP contribution is -2.60. The number of hydrogen-bond donors (Lipinski definition) is 1. The van der Waals surface area contributed by atoms with Gasteiger partial charge in [0, 0.05) is 12.8 Å². The summed E-state index contributed by atoms with van der Waals surface area (Å²) >= 11 is 0. The number of benzene rings is 1. The van der Waals surface area contributed by atoms with E-state index in [4.69, 9.17) is 4.74 Å². The zero-order valence-corrected chi connectivity index (χ0v) is 11.5. The quantitative estimate of drug-likeness (QED) is 0.838. The van der Waals surface area contributed by atoms with Crippen LogP contribution < -0.4 is 5.32 Å². The summed E-state index contributed by atoms with van der Waals surface area (Å²) in [5, 5.41) is 12.0. The van der Waals surface area contributed by atoms with Crippen LogP contribution in [0.3, 0.4) is 0 Å². The van der Waals surface area contributed by atoms with Crippen LogP contribution in [0.1, 0.15) is 30.9 Å². The molecule has 1 aliphatic rings. The Morgan fingerprint density at radius 3 is 2.75 bits per heavy atom. The molecule has 0 aromatic heterocycles. The van der Waals surface area contributed by atoms with Gasteiger partial charge in [-0.25, -0.2) is 4.79 Å². The van der Waals surface area contributed by atoms with Crippen molar-refractivity contribution in [3.63, 3.8) is 0 Å². The Balaban J connectivity index is 2.41. The summed E-state index contributed by atoms with van der Waals surface area (Å²) in [7, 11) is 0. The van der Waals surface area contributed by atoms with Crippen LogP contribution >= 0.6 is 0 Å². The number of ether oxygens (including phenoxy) is 1. The molecule has 1 aromatic rings. The molecule has 1 aromatic carbocycles. The molecule has 2 unspecified atom stereocenters. The summed E-state index contributed by atoms with van der Waals surface area (Å²) in [6.07, 6.45) is 0.572. The van der Waals surface area contributed by atoms with Crippen molar-refractivity contribution in [1.29, 1.82) is 5.26 Å². The zero-order chi connectivity index (χ0) is 14.8. The highest BCUT2D eigenvalue weighted by atomic mass is 16.5. The van der Waals surface area contributed by atoms with E-state index in [9.17, 15) is 14.9 Å². The van der Waals surface area contributed by atoms with E-state index in [0.717, 1.165) is 11.1 Å². The van der Waals surface area contributed by atoms with Crippen molar-refractivity contribution < 1.29 is 14.3 Å². The molecule has 0 saturated heterocycles. The van der Waals surface area contributed by atoms with Gasteiger partial charge in [0.05, 0.1) is 6.61 Å². The van der Waals surface area contributed by atoms with Gasteiger partial charge < -0.3 is 10.1 Å². The van der Waals surface area contributed by atoms with Crippen LogP contribution in [0.4, 0.5) is 0 Å². The summed E-state index contributed by atoms with van der Waals surface area (Å²) in [6, 6.07) is 9.55. The van der Waals surface area contributed by atoms with Crippen molar-refractivity contribution in [1.82, 2.24) is 5.32 Å². The third-order valence-electron chi connectivity index (χ3n) is 3.52. The molecular weight excluding hydrogens is 256 g/mol. The average Bonchev–Trinajstić information content (AvgIpc) is 2.38. The second-order valence-electron chi connectivity index (χ2n) is 4.78. The van der Waals surface area contributed by atoms with E-state index < -0.39 is 17.4 Å². The molecule has 1 amide bonds. The van der Waals surface area contributed by atoms with Crippen LogP contribution in [0, 0.1) is 11.3 Å². The van der Waals surface area contributed by atoms with Gasteiger partial charge in [0.25, 0.3) is 0 Å². The van der Waals surface area contributed by atoms with Gasteiger partial charge in [-0.3, -0.25) is 4.79 Å². The fourth-order valence-electron chi connectivity index (χ4n) is 2.60. The normalized spacial score (nSPS) is 18.8. The van der Waals surface area contributed by atoms with Gasteiger partial charge in [-0.05, 0) is 24.5 Å². The van der Waals surface area contributed by atoms with Gasteiger partial charge in [0.1, 0.15) is 6.07 Å². The molecule has 0 fully saturated rings. The number of hydrogen-bond acceptors (Lipinski definition) is 4. The minimum absolute atomic E-state index is 0.163. The summed E-state index contributed by atoms with van der Waals surface area (Å²) in [4.78, 5) is 23.6. The minimum atomic E-state index is -1.64. The fraction of sp³-hybridized carbons (Fsp3) is 0.400. The maximum Gasteiger partial charge on any atom is 0.347 e. The Kier molecular flexibility index (Phi) is 3.75. The Bertz CT molecular complexity index is 591. The number of amides is 1. The maximum absolute atomic E-state index is 12.2. The number of nitriles is 1. The van der Waals surface area contributed by atoms with Crippen molar-refractivity contribution in [2.24, 2.45) is 0 Å². The number of nitrogens with zero attached hydrogens (tertiary/aromatic N) is 1. The second-order valence-corrected chi connectivity index (χ2v) is 4.78. The number of carbonyl (C=O) groups excluding carboxylic acids is 2. The number of rotatable bonds is 4. The Labute approximate surface area is 117 Å². The van der Waals surface area contributed by atoms with E-state index in [1.54, 1.807) is 6.92 Å². The van der Waals surface area contributed by atoms with Crippen LogP contribution in [0.25, 0.3) is 0 Å². The number of carbonyl (C=O) groups is 2. The first-order valence-electron chi connectivity index (χ1n) is 6.50. The van der Waals surface area contributed by atoms with Crippen molar-refractivity contribution in [3.8, 4) is 6.07 Å². The molecule has 104 valence electrons. The van der Waals surface area contributed by atoms with E-state index in [0.29, 0.717) is 6.42 Å². The number of fused-ring (bicyclic) bond motifs is 1. The van der Waals surface area contributed by atoms with Crippen molar-refractivity contribution in [3.05, 3.63) is 35.4 Å². The van der Waals surface area contributed by atoms with E-state index in [1.165, 1.54) is 6.92 Å². The lowest BCUT2D eigenvalue weighted by Gasteiger charge is -2.40. The van der Waals surface area contributed by atoms with Crippen LogP contribution in [-0.4, -0.2) is 24.0 Å². The highest BCUT2D eigenvalue weighted by molar-refractivity contribution is 5.92. The third kappa shape index (κ3) is 2.14. The van der Waals surface area contributed by atoms with Gasteiger partial charge in [-0.2, -0.15) is 5.26 Å².